The first-order chi connectivity index (χ1) is 21.6. The van der Waals surface area contributed by atoms with Crippen LogP contribution in [0.4, 0.5) is 0 Å². The summed E-state index contributed by atoms with van der Waals surface area (Å²) in [6.45, 7) is 0. The van der Waals surface area contributed by atoms with Crippen LogP contribution in [0.2, 0.25) is 0 Å². The largest absolute Gasteiger partial charge is 0.448 e. The van der Waals surface area contributed by atoms with Crippen molar-refractivity contribution in [3.8, 4) is 0 Å². The molecule has 1 N–H and O–H groups in total. The first-order valence-corrected chi connectivity index (χ1v) is 16.1. The van der Waals surface area contributed by atoms with Gasteiger partial charge in [-0.15, -0.1) is 11.8 Å². The molecule has 0 unspecified atom stereocenters. The molecule has 0 aliphatic carbocycles. The quantitative estimate of drug-likeness (QED) is 0.173. The number of β-lactam (4-membered cyclic amide) rings is 1. The second-order valence-corrected chi connectivity index (χ2v) is 12.3. The molecule has 4 aromatic rings. The molecule has 1 fully saturated rings. The number of carbonyl (C=O) groups is 3. The third kappa shape index (κ3) is 6.64. The van der Waals surface area contributed by atoms with Crippen LogP contribution in [0.25, 0.3) is 6.08 Å². The Morgan fingerprint density at radius 2 is 1.61 bits per heavy atom. The average molecular weight is 620 g/mol. The number of carbonyl (C=O) groups excluding carboxylic acids is 3. The number of ether oxygens (including phenoxy) is 1. The predicted octanol–water partition coefficient (Wildman–Crippen LogP) is 5.97. The van der Waals surface area contributed by atoms with E-state index in [0.29, 0.717) is 10.7 Å². The van der Waals surface area contributed by atoms with Gasteiger partial charge in [0.05, 0.1) is 6.42 Å². The standard InChI is InChI=1S/C35H29N3O4S2/c39-29(21-24-11-4-1-5-12-24)37-30-33(40)38-31(28(23-44-34(30)38)43-20-18-25-13-10-19-36-22-25)35(41)42-32(26-14-6-2-7-15-26)27-16-8-3-9-17-27/h1-20,22,30,32,34H,21,23H2,(H,37,39)/b20-18-/t30-,34+/m1/s1. The molecule has 2 aliphatic heterocycles. The maximum Gasteiger partial charge on any atom is 0.356 e. The smallest absolute Gasteiger partial charge is 0.356 e. The SMILES string of the molecule is O=C(Cc1ccccc1)N[C@@H]1C(=O)N2C(C(=O)OC(c3ccccc3)c3ccccc3)=C(S/C=C\c3cccnc3)CS[C@@H]12. The zero-order chi connectivity index (χ0) is 30.3. The summed E-state index contributed by atoms with van der Waals surface area (Å²) < 4.78 is 6.22. The summed E-state index contributed by atoms with van der Waals surface area (Å²) in [4.78, 5) is 46.8. The molecule has 2 aliphatic rings. The molecule has 1 aromatic heterocycles. The Kier molecular flexibility index (Phi) is 9.24. The Morgan fingerprint density at radius 1 is 0.955 bits per heavy atom. The van der Waals surface area contributed by atoms with Gasteiger partial charge in [-0.05, 0) is 39.8 Å². The van der Waals surface area contributed by atoms with Crippen molar-refractivity contribution in [1.29, 1.82) is 0 Å². The van der Waals surface area contributed by atoms with E-state index in [1.165, 1.54) is 28.4 Å². The fourth-order valence-electron chi connectivity index (χ4n) is 5.09. The van der Waals surface area contributed by atoms with Crippen LogP contribution in [-0.2, 0) is 25.5 Å². The van der Waals surface area contributed by atoms with E-state index >= 15 is 0 Å². The molecule has 0 radical (unpaired) electrons. The van der Waals surface area contributed by atoms with Crippen LogP contribution in [0.15, 0.2) is 132 Å². The Balaban J connectivity index is 1.27. The van der Waals surface area contributed by atoms with E-state index in [-0.39, 0.29) is 23.9 Å². The number of benzene rings is 3. The summed E-state index contributed by atoms with van der Waals surface area (Å²) in [5, 5.41) is 4.36. The zero-order valence-corrected chi connectivity index (χ0v) is 25.2. The molecule has 6 rings (SSSR count). The summed E-state index contributed by atoms with van der Waals surface area (Å²) >= 11 is 2.89. The summed E-state index contributed by atoms with van der Waals surface area (Å²) in [6.07, 6.45) is 4.87. The van der Waals surface area contributed by atoms with Crippen molar-refractivity contribution >= 4 is 47.4 Å². The lowest BCUT2D eigenvalue weighted by Crippen LogP contribution is -2.70. The normalized spacial score (nSPS) is 17.8. The topological polar surface area (TPSA) is 88.6 Å². The Labute approximate surface area is 264 Å². The van der Waals surface area contributed by atoms with E-state index in [2.05, 4.69) is 10.3 Å². The highest BCUT2D eigenvalue weighted by molar-refractivity contribution is 8.08. The molecule has 0 bridgehead atoms. The molecule has 9 heteroatoms. The van der Waals surface area contributed by atoms with Crippen LogP contribution in [0.3, 0.4) is 0 Å². The molecule has 7 nitrogen and oxygen atoms in total. The van der Waals surface area contributed by atoms with Gasteiger partial charge in [0.25, 0.3) is 5.91 Å². The molecule has 3 aromatic carbocycles. The van der Waals surface area contributed by atoms with Gasteiger partial charge < -0.3 is 10.1 Å². The van der Waals surface area contributed by atoms with Gasteiger partial charge in [-0.25, -0.2) is 4.79 Å². The van der Waals surface area contributed by atoms with E-state index in [4.69, 9.17) is 4.74 Å². The van der Waals surface area contributed by atoms with Gasteiger partial charge in [0.1, 0.15) is 17.1 Å². The van der Waals surface area contributed by atoms with Gasteiger partial charge in [0, 0.05) is 23.1 Å². The second-order valence-electron chi connectivity index (χ2n) is 10.2. The third-order valence-electron chi connectivity index (χ3n) is 7.24. The van der Waals surface area contributed by atoms with Crippen molar-refractivity contribution < 1.29 is 19.1 Å². The van der Waals surface area contributed by atoms with E-state index in [0.717, 1.165) is 22.3 Å². The Bertz CT molecular complexity index is 1640. The molecule has 1 saturated heterocycles. The maximum atomic E-state index is 14.1. The van der Waals surface area contributed by atoms with Crippen LogP contribution in [-0.4, -0.2) is 44.8 Å². The van der Waals surface area contributed by atoms with Gasteiger partial charge in [0.15, 0.2) is 6.10 Å². The summed E-state index contributed by atoms with van der Waals surface area (Å²) in [6, 6.07) is 31.5. The molecule has 44 heavy (non-hydrogen) atoms. The van der Waals surface area contributed by atoms with Crippen LogP contribution >= 0.6 is 23.5 Å². The second kappa shape index (κ2) is 13.8. The highest BCUT2D eigenvalue weighted by atomic mass is 32.2. The Hall–Kier alpha value is -4.60. The number of aromatic nitrogens is 1. The van der Waals surface area contributed by atoms with Gasteiger partial charge in [-0.1, -0.05) is 109 Å². The van der Waals surface area contributed by atoms with Crippen molar-refractivity contribution in [1.82, 2.24) is 15.2 Å². The molecule has 2 atom stereocenters. The lowest BCUT2D eigenvalue weighted by molar-refractivity contribution is -0.154. The minimum Gasteiger partial charge on any atom is -0.448 e. The third-order valence-corrected chi connectivity index (χ3v) is 9.59. The first-order valence-electron chi connectivity index (χ1n) is 14.1. The molecular weight excluding hydrogens is 591 g/mol. The summed E-state index contributed by atoms with van der Waals surface area (Å²) in [5.41, 5.74) is 3.63. The number of rotatable bonds is 10. The number of thioether (sulfide) groups is 2. The minimum atomic E-state index is -0.726. The first kappa shape index (κ1) is 29.5. The monoisotopic (exact) mass is 619 g/mol. The van der Waals surface area contributed by atoms with Crippen LogP contribution < -0.4 is 5.32 Å². The molecule has 220 valence electrons. The summed E-state index contributed by atoms with van der Waals surface area (Å²) in [7, 11) is 0. The van der Waals surface area contributed by atoms with Crippen molar-refractivity contribution in [2.24, 2.45) is 0 Å². The average Bonchev–Trinajstić information content (AvgIpc) is 3.07. The van der Waals surface area contributed by atoms with Gasteiger partial charge >= 0.3 is 5.97 Å². The molecule has 0 saturated carbocycles. The fraction of sp³-hybridized carbons (Fsp3) is 0.143. The number of esters is 1. The maximum absolute atomic E-state index is 14.1. The number of amides is 2. The fourth-order valence-corrected chi connectivity index (χ4v) is 7.45. The van der Waals surface area contributed by atoms with E-state index in [9.17, 15) is 14.4 Å². The van der Waals surface area contributed by atoms with Crippen molar-refractivity contribution in [2.45, 2.75) is 23.9 Å². The van der Waals surface area contributed by atoms with E-state index < -0.39 is 23.5 Å². The van der Waals surface area contributed by atoms with Crippen molar-refractivity contribution in [3.63, 3.8) is 0 Å². The summed E-state index contributed by atoms with van der Waals surface area (Å²) in [5.74, 6) is -0.683. The number of nitrogens with zero attached hydrogens (tertiary/aromatic N) is 2. The number of fused-ring (bicyclic) bond motifs is 1. The number of hydrogen-bond donors (Lipinski definition) is 1. The number of nitrogens with one attached hydrogen (secondary N) is 1. The van der Waals surface area contributed by atoms with E-state index in [1.807, 2.05) is 115 Å². The van der Waals surface area contributed by atoms with Crippen molar-refractivity contribution in [3.05, 3.63) is 154 Å². The number of hydrogen-bond acceptors (Lipinski definition) is 7. The van der Waals surface area contributed by atoms with Crippen LogP contribution in [0.1, 0.15) is 28.4 Å². The van der Waals surface area contributed by atoms with Crippen LogP contribution in [0, 0.1) is 0 Å². The zero-order valence-electron chi connectivity index (χ0n) is 23.6. The highest BCUT2D eigenvalue weighted by Gasteiger charge is 2.54. The number of pyridine rings is 1. The van der Waals surface area contributed by atoms with Gasteiger partial charge in [-0.2, -0.15) is 0 Å². The predicted molar refractivity (Wildman–Crippen MR) is 174 cm³/mol. The molecular formula is C35H29N3O4S2. The lowest BCUT2D eigenvalue weighted by atomic mass is 10.0. The van der Waals surface area contributed by atoms with Gasteiger partial charge in [-0.3, -0.25) is 19.5 Å². The highest BCUT2D eigenvalue weighted by Crippen LogP contribution is 2.45. The minimum absolute atomic E-state index is 0.169. The van der Waals surface area contributed by atoms with Crippen molar-refractivity contribution in [2.75, 3.05) is 5.75 Å². The molecule has 3 heterocycles. The molecule has 2 amide bonds. The lowest BCUT2D eigenvalue weighted by Gasteiger charge is -2.49. The van der Waals surface area contributed by atoms with Crippen LogP contribution in [0.5, 0.6) is 0 Å². The van der Waals surface area contributed by atoms with E-state index in [1.54, 1.807) is 12.4 Å². The van der Waals surface area contributed by atoms with Gasteiger partial charge in [0.2, 0.25) is 5.91 Å². The molecule has 0 spiro atoms. The Morgan fingerprint density at radius 3 is 2.25 bits per heavy atom.